The van der Waals surface area contributed by atoms with Crippen molar-refractivity contribution in [3.8, 4) is 5.75 Å². The van der Waals surface area contributed by atoms with Gasteiger partial charge in [0.15, 0.2) is 11.4 Å². The van der Waals surface area contributed by atoms with Crippen LogP contribution in [0.2, 0.25) is 0 Å². The average Bonchev–Trinajstić information content (AvgIpc) is 3.27. The van der Waals surface area contributed by atoms with Crippen LogP contribution in [0.5, 0.6) is 5.75 Å². The Morgan fingerprint density at radius 2 is 1.82 bits per heavy atom. The summed E-state index contributed by atoms with van der Waals surface area (Å²) in [5, 5.41) is 3.06. The summed E-state index contributed by atoms with van der Waals surface area (Å²) < 4.78 is 8.16. The molecule has 2 heterocycles. The number of benzene rings is 2. The van der Waals surface area contributed by atoms with Gasteiger partial charge in [-0.05, 0) is 49.8 Å². The van der Waals surface area contributed by atoms with Gasteiger partial charge in [0.2, 0.25) is 5.91 Å². The van der Waals surface area contributed by atoms with Gasteiger partial charge in [0.1, 0.15) is 6.61 Å². The van der Waals surface area contributed by atoms with Gasteiger partial charge in [-0.15, -0.1) is 0 Å². The summed E-state index contributed by atoms with van der Waals surface area (Å²) in [6.07, 6.45) is 4.21. The highest BCUT2D eigenvalue weighted by Crippen LogP contribution is 2.32. The van der Waals surface area contributed by atoms with Crippen LogP contribution in [0.4, 0.5) is 0 Å². The van der Waals surface area contributed by atoms with Gasteiger partial charge in [-0.1, -0.05) is 54.6 Å². The van der Waals surface area contributed by atoms with E-state index in [0.29, 0.717) is 19.6 Å². The number of hydrogen-bond donors (Lipinski definition) is 1. The molecule has 0 saturated carbocycles. The molecule has 176 valence electrons. The number of carbonyl (C=O) groups excluding carboxylic acids is 1. The van der Waals surface area contributed by atoms with E-state index in [4.69, 9.17) is 9.72 Å². The molecule has 0 aliphatic rings. The molecule has 0 saturated heterocycles. The predicted octanol–water partition coefficient (Wildman–Crippen LogP) is 4.42. The van der Waals surface area contributed by atoms with Gasteiger partial charge in [-0.25, -0.2) is 4.98 Å². The quantitative estimate of drug-likeness (QED) is 0.384. The van der Waals surface area contributed by atoms with Gasteiger partial charge in [0, 0.05) is 37.8 Å². The summed E-state index contributed by atoms with van der Waals surface area (Å²) >= 11 is 0. The number of amides is 1. The molecule has 2 aromatic heterocycles. The monoisotopic (exact) mass is 456 g/mol. The minimum atomic E-state index is -0.125. The number of aryl methyl sites for hydroxylation is 1. The van der Waals surface area contributed by atoms with Gasteiger partial charge in [-0.3, -0.25) is 4.79 Å². The average molecular weight is 457 g/mol. The van der Waals surface area contributed by atoms with Crippen molar-refractivity contribution in [1.82, 2.24) is 19.6 Å². The molecule has 34 heavy (non-hydrogen) atoms. The first-order chi connectivity index (χ1) is 16.5. The van der Waals surface area contributed by atoms with E-state index in [2.05, 4.69) is 29.3 Å². The highest BCUT2D eigenvalue weighted by Gasteiger charge is 2.24. The first kappa shape index (κ1) is 23.5. The zero-order valence-corrected chi connectivity index (χ0v) is 20.1. The fourth-order valence-corrected chi connectivity index (χ4v) is 4.14. The van der Waals surface area contributed by atoms with Gasteiger partial charge < -0.3 is 19.4 Å². The molecule has 0 fully saturated rings. The van der Waals surface area contributed by atoms with Crippen molar-refractivity contribution >= 4 is 11.6 Å². The van der Waals surface area contributed by atoms with Crippen molar-refractivity contribution < 1.29 is 9.53 Å². The lowest BCUT2D eigenvalue weighted by Gasteiger charge is -2.20. The number of carbonyl (C=O) groups is 1. The number of hydrogen-bond acceptors (Lipinski definition) is 4. The first-order valence-corrected chi connectivity index (χ1v) is 11.6. The summed E-state index contributed by atoms with van der Waals surface area (Å²) in [6.45, 7) is 3.98. The Labute approximate surface area is 201 Å². The number of rotatable bonds is 10. The van der Waals surface area contributed by atoms with Crippen LogP contribution in [-0.4, -0.2) is 47.4 Å². The third-order valence-electron chi connectivity index (χ3n) is 5.96. The number of aromatic nitrogens is 2. The maximum Gasteiger partial charge on any atom is 0.221 e. The van der Waals surface area contributed by atoms with Crippen LogP contribution < -0.4 is 10.1 Å². The molecule has 0 aliphatic heterocycles. The Kier molecular flexibility index (Phi) is 7.60. The Morgan fingerprint density at radius 1 is 1.06 bits per heavy atom. The third-order valence-corrected chi connectivity index (χ3v) is 5.96. The molecule has 0 aliphatic carbocycles. The van der Waals surface area contributed by atoms with E-state index in [1.54, 1.807) is 0 Å². The predicted molar refractivity (Wildman–Crippen MR) is 135 cm³/mol. The SMILES string of the molecule is Cc1ccccc1C(CC(=O)NCCN(C)C)c1cnc2c(OCc3ccccc3)cccn12. The van der Waals surface area contributed by atoms with Crippen LogP contribution in [-0.2, 0) is 11.4 Å². The van der Waals surface area contributed by atoms with Gasteiger partial charge in [-0.2, -0.15) is 0 Å². The lowest BCUT2D eigenvalue weighted by Crippen LogP contribution is -2.32. The van der Waals surface area contributed by atoms with E-state index in [-0.39, 0.29) is 11.8 Å². The maximum absolute atomic E-state index is 12.9. The van der Waals surface area contributed by atoms with Gasteiger partial charge in [0.25, 0.3) is 0 Å². The van der Waals surface area contributed by atoms with Crippen molar-refractivity contribution in [1.29, 1.82) is 0 Å². The van der Waals surface area contributed by atoms with E-state index < -0.39 is 0 Å². The van der Waals surface area contributed by atoms with Crippen molar-refractivity contribution in [3.05, 3.63) is 102 Å². The van der Waals surface area contributed by atoms with Crippen molar-refractivity contribution in [3.63, 3.8) is 0 Å². The smallest absolute Gasteiger partial charge is 0.221 e. The normalized spacial score (nSPS) is 12.1. The number of nitrogens with one attached hydrogen (secondary N) is 1. The molecule has 2 aromatic carbocycles. The fourth-order valence-electron chi connectivity index (χ4n) is 4.14. The molecule has 4 rings (SSSR count). The lowest BCUT2D eigenvalue weighted by atomic mass is 9.89. The molecule has 4 aromatic rings. The number of nitrogens with zero attached hydrogens (tertiary/aromatic N) is 3. The molecule has 0 bridgehead atoms. The molecule has 0 spiro atoms. The zero-order chi connectivity index (χ0) is 23.9. The van der Waals surface area contributed by atoms with Gasteiger partial charge in [0.05, 0.1) is 5.69 Å². The highest BCUT2D eigenvalue weighted by molar-refractivity contribution is 5.77. The molecular weight excluding hydrogens is 424 g/mol. The summed E-state index contributed by atoms with van der Waals surface area (Å²) in [7, 11) is 4.00. The number of imidazole rings is 1. The molecule has 0 radical (unpaired) electrons. The summed E-state index contributed by atoms with van der Waals surface area (Å²) in [5.41, 5.74) is 5.10. The second kappa shape index (κ2) is 11.0. The first-order valence-electron chi connectivity index (χ1n) is 11.6. The van der Waals surface area contributed by atoms with Crippen LogP contribution >= 0.6 is 0 Å². The molecule has 1 atom stereocenters. The second-order valence-corrected chi connectivity index (χ2v) is 8.79. The number of pyridine rings is 1. The zero-order valence-electron chi connectivity index (χ0n) is 20.1. The van der Waals surface area contributed by atoms with Crippen LogP contribution in [0.1, 0.15) is 34.7 Å². The van der Waals surface area contributed by atoms with Crippen LogP contribution in [0.3, 0.4) is 0 Å². The standard InChI is InChI=1S/C28H32N4O2/c1-21-10-7-8-13-23(21)24(18-27(33)29-15-17-31(2)3)25-19-30-28-26(14-9-16-32(25)28)34-20-22-11-5-4-6-12-22/h4-14,16,19,24H,15,17-18,20H2,1-3H3,(H,29,33). The number of likely N-dealkylation sites (N-methyl/N-ethyl adjacent to an activating group) is 1. The summed E-state index contributed by atoms with van der Waals surface area (Å²) in [4.78, 5) is 19.6. The second-order valence-electron chi connectivity index (χ2n) is 8.79. The van der Waals surface area contributed by atoms with E-state index in [1.807, 2.05) is 85.5 Å². The molecule has 1 N–H and O–H groups in total. The summed E-state index contributed by atoms with van der Waals surface area (Å²) in [5.74, 6) is 0.623. The van der Waals surface area contributed by atoms with Gasteiger partial charge >= 0.3 is 0 Å². The number of fused-ring (bicyclic) bond motifs is 1. The topological polar surface area (TPSA) is 58.9 Å². The molecular formula is C28H32N4O2. The minimum Gasteiger partial charge on any atom is -0.485 e. The fraction of sp³-hybridized carbons (Fsp3) is 0.286. The van der Waals surface area contributed by atoms with E-state index in [0.717, 1.165) is 40.3 Å². The third kappa shape index (κ3) is 5.64. The largest absolute Gasteiger partial charge is 0.485 e. The van der Waals surface area contributed by atoms with Crippen LogP contribution in [0.15, 0.2) is 79.1 Å². The minimum absolute atomic E-state index is 0.0292. The molecule has 1 unspecified atom stereocenters. The Hall–Kier alpha value is -3.64. The highest BCUT2D eigenvalue weighted by atomic mass is 16.5. The summed E-state index contributed by atoms with van der Waals surface area (Å²) in [6, 6.07) is 22.2. The molecule has 6 nitrogen and oxygen atoms in total. The maximum atomic E-state index is 12.9. The van der Waals surface area contributed by atoms with E-state index in [1.165, 1.54) is 0 Å². The van der Waals surface area contributed by atoms with Crippen molar-refractivity contribution in [2.75, 3.05) is 27.2 Å². The van der Waals surface area contributed by atoms with Crippen LogP contribution in [0.25, 0.3) is 5.65 Å². The number of ether oxygens (including phenoxy) is 1. The Bertz CT molecular complexity index is 1230. The van der Waals surface area contributed by atoms with Crippen LogP contribution in [0, 0.1) is 6.92 Å². The molecule has 6 heteroatoms. The molecule has 1 amide bonds. The lowest BCUT2D eigenvalue weighted by molar-refractivity contribution is -0.121. The van der Waals surface area contributed by atoms with Crippen molar-refractivity contribution in [2.45, 2.75) is 25.9 Å². The van der Waals surface area contributed by atoms with E-state index >= 15 is 0 Å². The Morgan fingerprint density at radius 3 is 2.59 bits per heavy atom. The van der Waals surface area contributed by atoms with Crippen molar-refractivity contribution in [2.24, 2.45) is 0 Å². The Balaban J connectivity index is 1.63. The van der Waals surface area contributed by atoms with E-state index in [9.17, 15) is 4.79 Å².